The average molecular weight is 263 g/mol. The highest BCUT2D eigenvalue weighted by Crippen LogP contribution is 1.98. The molecule has 1 heterocycles. The van der Waals surface area contributed by atoms with Crippen LogP contribution in [0.3, 0.4) is 0 Å². The van der Waals surface area contributed by atoms with Crippen LogP contribution in [0, 0.1) is 0 Å². The Morgan fingerprint density at radius 1 is 1.26 bits per heavy atom. The number of amides is 1. The molecule has 1 aromatic rings. The molecule has 1 fully saturated rings. The van der Waals surface area contributed by atoms with Gasteiger partial charge in [0.1, 0.15) is 25.3 Å². The normalized spacial score (nSPS) is 26.9. The Balaban J connectivity index is 1.75. The summed E-state index contributed by atoms with van der Waals surface area (Å²) in [7, 11) is 0. The maximum absolute atomic E-state index is 11.9. The van der Waals surface area contributed by atoms with Crippen LogP contribution in [0.5, 0.6) is 0 Å². The van der Waals surface area contributed by atoms with E-state index >= 15 is 0 Å². The number of carbonyl (C=O) groups is 1. The van der Waals surface area contributed by atoms with Gasteiger partial charge in [-0.1, -0.05) is 30.3 Å². The van der Waals surface area contributed by atoms with Crippen LogP contribution >= 0.6 is 0 Å². The van der Waals surface area contributed by atoms with Crippen molar-refractivity contribution in [2.45, 2.75) is 32.6 Å². The summed E-state index contributed by atoms with van der Waals surface area (Å²) in [6.45, 7) is 7.08. The fraction of sp³-hybridized carbons (Fsp3) is 0.533. The van der Waals surface area contributed by atoms with E-state index < -0.39 is 0 Å². The molecule has 0 aromatic heterocycles. The van der Waals surface area contributed by atoms with Gasteiger partial charge in [-0.15, -0.1) is 0 Å². The number of morpholine rings is 1. The lowest BCUT2D eigenvalue weighted by Gasteiger charge is -2.31. The van der Waals surface area contributed by atoms with Gasteiger partial charge in [-0.05, 0) is 19.4 Å². The van der Waals surface area contributed by atoms with Crippen LogP contribution in [0.15, 0.2) is 30.3 Å². The Kier molecular flexibility index (Phi) is 4.93. The minimum atomic E-state index is 0.111. The molecule has 0 aliphatic carbocycles. The van der Waals surface area contributed by atoms with Gasteiger partial charge >= 0.3 is 0 Å². The highest BCUT2D eigenvalue weighted by atomic mass is 16.5. The number of rotatable bonds is 4. The summed E-state index contributed by atoms with van der Waals surface area (Å²) in [5.41, 5.74) is 1.13. The zero-order valence-corrected chi connectivity index (χ0v) is 11.7. The van der Waals surface area contributed by atoms with E-state index in [4.69, 9.17) is 4.74 Å². The third-order valence-corrected chi connectivity index (χ3v) is 3.36. The van der Waals surface area contributed by atoms with Crippen molar-refractivity contribution in [1.82, 2.24) is 5.32 Å². The molecule has 1 aliphatic rings. The Morgan fingerprint density at radius 2 is 1.89 bits per heavy atom. The molecule has 2 rings (SSSR count). The number of carbonyl (C=O) groups excluding carboxylic acids is 1. The summed E-state index contributed by atoms with van der Waals surface area (Å²) in [4.78, 5) is 13.2. The zero-order chi connectivity index (χ0) is 13.7. The fourth-order valence-electron chi connectivity index (χ4n) is 2.62. The van der Waals surface area contributed by atoms with E-state index in [-0.39, 0.29) is 18.1 Å². The number of nitrogens with one attached hydrogen (secondary N) is 2. The van der Waals surface area contributed by atoms with Gasteiger partial charge in [0.15, 0.2) is 6.54 Å². The molecule has 1 aromatic carbocycles. The van der Waals surface area contributed by atoms with Gasteiger partial charge < -0.3 is 15.0 Å². The Morgan fingerprint density at radius 3 is 2.53 bits per heavy atom. The van der Waals surface area contributed by atoms with Crippen LogP contribution < -0.4 is 10.2 Å². The van der Waals surface area contributed by atoms with Crippen LogP contribution in [-0.2, 0) is 16.1 Å². The van der Waals surface area contributed by atoms with E-state index in [1.807, 2.05) is 30.3 Å². The summed E-state index contributed by atoms with van der Waals surface area (Å²) in [6.07, 6.45) is 0.473. The van der Waals surface area contributed by atoms with Gasteiger partial charge in [0.2, 0.25) is 0 Å². The smallest absolute Gasteiger partial charge is 0.275 e. The number of hydrogen-bond acceptors (Lipinski definition) is 2. The topological polar surface area (TPSA) is 42.8 Å². The maximum atomic E-state index is 11.9. The summed E-state index contributed by atoms with van der Waals surface area (Å²) in [5, 5.41) is 2.98. The zero-order valence-electron chi connectivity index (χ0n) is 11.7. The van der Waals surface area contributed by atoms with Crippen molar-refractivity contribution in [3.8, 4) is 0 Å². The molecule has 0 radical (unpaired) electrons. The molecule has 2 atom stereocenters. The quantitative estimate of drug-likeness (QED) is 0.803. The molecule has 0 bridgehead atoms. The molecular formula is C15H23N2O2+. The number of hydrogen-bond donors (Lipinski definition) is 2. The summed E-state index contributed by atoms with van der Waals surface area (Å²) in [5.74, 6) is 0.111. The average Bonchev–Trinajstić information content (AvgIpc) is 2.36. The Bertz CT molecular complexity index is 398. The second-order valence-corrected chi connectivity index (χ2v) is 5.35. The van der Waals surface area contributed by atoms with Crippen molar-refractivity contribution in [3.63, 3.8) is 0 Å². The van der Waals surface area contributed by atoms with Crippen LogP contribution in [-0.4, -0.2) is 37.7 Å². The molecule has 19 heavy (non-hydrogen) atoms. The molecule has 4 nitrogen and oxygen atoms in total. The number of benzene rings is 1. The van der Waals surface area contributed by atoms with Gasteiger partial charge in [-0.3, -0.25) is 4.79 Å². The predicted octanol–water partition coefficient (Wildman–Crippen LogP) is -0.00510. The minimum Gasteiger partial charge on any atom is -0.364 e. The second-order valence-electron chi connectivity index (χ2n) is 5.35. The first kappa shape index (κ1) is 14.0. The fourth-order valence-corrected chi connectivity index (χ4v) is 2.62. The van der Waals surface area contributed by atoms with Crippen molar-refractivity contribution in [2.75, 3.05) is 19.6 Å². The number of ether oxygens (including phenoxy) is 1. The van der Waals surface area contributed by atoms with E-state index in [0.29, 0.717) is 13.1 Å². The Hall–Kier alpha value is -1.39. The van der Waals surface area contributed by atoms with Crippen LogP contribution in [0.4, 0.5) is 0 Å². The summed E-state index contributed by atoms with van der Waals surface area (Å²) < 4.78 is 5.67. The highest BCUT2D eigenvalue weighted by molar-refractivity contribution is 5.76. The van der Waals surface area contributed by atoms with Crippen LogP contribution in [0.1, 0.15) is 19.4 Å². The van der Waals surface area contributed by atoms with Gasteiger partial charge in [-0.2, -0.15) is 0 Å². The summed E-state index contributed by atoms with van der Waals surface area (Å²) >= 11 is 0. The largest absolute Gasteiger partial charge is 0.364 e. The molecule has 1 amide bonds. The lowest BCUT2D eigenvalue weighted by Crippen LogP contribution is -3.16. The van der Waals surface area contributed by atoms with Crippen molar-refractivity contribution in [2.24, 2.45) is 0 Å². The van der Waals surface area contributed by atoms with E-state index in [1.54, 1.807) is 0 Å². The van der Waals surface area contributed by atoms with Crippen LogP contribution in [0.25, 0.3) is 0 Å². The SMILES string of the molecule is C[C@H]1C[NH+](CC(=O)NCc2ccccc2)C[C@H](C)O1. The van der Waals surface area contributed by atoms with E-state index in [0.717, 1.165) is 18.7 Å². The van der Waals surface area contributed by atoms with Gasteiger partial charge in [0.05, 0.1) is 0 Å². The van der Waals surface area contributed by atoms with Crippen molar-refractivity contribution in [3.05, 3.63) is 35.9 Å². The number of quaternary nitrogens is 1. The molecule has 0 spiro atoms. The summed E-state index contributed by atoms with van der Waals surface area (Å²) in [6, 6.07) is 9.99. The molecule has 1 saturated heterocycles. The van der Waals surface area contributed by atoms with Gasteiger partial charge in [-0.25, -0.2) is 0 Å². The van der Waals surface area contributed by atoms with Crippen molar-refractivity contribution < 1.29 is 14.4 Å². The third kappa shape index (κ3) is 4.65. The molecule has 4 heteroatoms. The first-order chi connectivity index (χ1) is 9.13. The highest BCUT2D eigenvalue weighted by Gasteiger charge is 2.26. The minimum absolute atomic E-state index is 0.111. The van der Waals surface area contributed by atoms with E-state index in [9.17, 15) is 4.79 Å². The molecule has 1 aliphatic heterocycles. The van der Waals surface area contributed by atoms with Gasteiger partial charge in [0, 0.05) is 6.54 Å². The maximum Gasteiger partial charge on any atom is 0.275 e. The van der Waals surface area contributed by atoms with E-state index in [1.165, 1.54) is 4.90 Å². The molecule has 0 unspecified atom stereocenters. The van der Waals surface area contributed by atoms with Crippen LogP contribution in [0.2, 0.25) is 0 Å². The van der Waals surface area contributed by atoms with E-state index in [2.05, 4.69) is 19.2 Å². The Labute approximate surface area is 114 Å². The second kappa shape index (κ2) is 6.68. The lowest BCUT2D eigenvalue weighted by atomic mass is 10.2. The first-order valence-electron chi connectivity index (χ1n) is 6.93. The first-order valence-corrected chi connectivity index (χ1v) is 6.93. The third-order valence-electron chi connectivity index (χ3n) is 3.36. The van der Waals surface area contributed by atoms with Crippen molar-refractivity contribution >= 4 is 5.91 Å². The monoisotopic (exact) mass is 263 g/mol. The predicted molar refractivity (Wildman–Crippen MR) is 73.9 cm³/mol. The van der Waals surface area contributed by atoms with Crippen molar-refractivity contribution in [1.29, 1.82) is 0 Å². The van der Waals surface area contributed by atoms with Gasteiger partial charge in [0.25, 0.3) is 5.91 Å². The molecular weight excluding hydrogens is 240 g/mol. The lowest BCUT2D eigenvalue weighted by molar-refractivity contribution is -0.907. The molecule has 2 N–H and O–H groups in total. The molecule has 0 saturated carbocycles. The molecule has 104 valence electrons. The standard InChI is InChI=1S/C15H22N2O2/c1-12-9-17(10-13(2)19-12)11-15(18)16-8-14-6-4-3-5-7-14/h3-7,12-13H,8-11H2,1-2H3,(H,16,18)/p+1/t12-,13-/m0/s1.